The molecule has 1 aromatic carbocycles. The zero-order valence-corrected chi connectivity index (χ0v) is 11.7. The summed E-state index contributed by atoms with van der Waals surface area (Å²) in [5.74, 6) is 2.54. The zero-order chi connectivity index (χ0) is 13.1. The van der Waals surface area contributed by atoms with E-state index < -0.39 is 0 Å². The Labute approximate surface area is 115 Å². The number of hydrogen-bond acceptors (Lipinski definition) is 3. The van der Waals surface area contributed by atoms with Crippen LogP contribution in [0.25, 0.3) is 0 Å². The smallest absolute Gasteiger partial charge is 0.161 e. The number of hydrogen-bond donors (Lipinski definition) is 1. The molecule has 3 rings (SSSR count). The maximum atomic E-state index is 5.85. The third kappa shape index (κ3) is 3.41. The van der Waals surface area contributed by atoms with Gasteiger partial charge in [-0.05, 0) is 68.8 Å². The van der Waals surface area contributed by atoms with E-state index in [9.17, 15) is 0 Å². The quantitative estimate of drug-likeness (QED) is 0.884. The van der Waals surface area contributed by atoms with Crippen molar-refractivity contribution in [2.45, 2.75) is 38.2 Å². The number of methoxy groups -OCH3 is 1. The van der Waals surface area contributed by atoms with Crippen molar-refractivity contribution >= 4 is 0 Å². The molecule has 1 saturated carbocycles. The molecule has 0 aromatic heterocycles. The lowest BCUT2D eigenvalue weighted by molar-refractivity contribution is 0.281. The first-order valence-electron chi connectivity index (χ1n) is 7.39. The molecule has 2 fully saturated rings. The van der Waals surface area contributed by atoms with Gasteiger partial charge < -0.3 is 14.8 Å². The van der Waals surface area contributed by atoms with E-state index in [1.807, 2.05) is 0 Å². The molecule has 0 radical (unpaired) electrons. The van der Waals surface area contributed by atoms with Crippen LogP contribution in [-0.4, -0.2) is 26.3 Å². The van der Waals surface area contributed by atoms with Gasteiger partial charge in [-0.15, -0.1) is 0 Å². The highest BCUT2D eigenvalue weighted by Gasteiger charge is 2.25. The molecule has 0 spiro atoms. The summed E-state index contributed by atoms with van der Waals surface area (Å²) in [4.78, 5) is 0. The molecule has 3 nitrogen and oxygen atoms in total. The van der Waals surface area contributed by atoms with Crippen molar-refractivity contribution in [1.82, 2.24) is 5.32 Å². The number of nitrogens with one attached hydrogen (secondary N) is 1. The molecule has 2 aliphatic rings. The van der Waals surface area contributed by atoms with Gasteiger partial charge in [0.2, 0.25) is 0 Å². The van der Waals surface area contributed by atoms with Crippen molar-refractivity contribution in [3.63, 3.8) is 0 Å². The molecule has 0 bridgehead atoms. The first-order valence-corrected chi connectivity index (χ1v) is 7.39. The summed E-state index contributed by atoms with van der Waals surface area (Å²) in [5.41, 5.74) is 1.36. The van der Waals surface area contributed by atoms with E-state index in [0.717, 1.165) is 30.4 Å². The van der Waals surface area contributed by atoms with E-state index in [-0.39, 0.29) is 0 Å². The lowest BCUT2D eigenvalue weighted by Crippen LogP contribution is -2.30. The van der Waals surface area contributed by atoms with Crippen LogP contribution in [0, 0.1) is 5.92 Å². The minimum atomic E-state index is 0.419. The second-order valence-electron chi connectivity index (χ2n) is 5.72. The van der Waals surface area contributed by atoms with E-state index in [1.54, 1.807) is 7.11 Å². The molecular formula is C16H23NO2. The average molecular weight is 261 g/mol. The molecule has 1 unspecified atom stereocenters. The van der Waals surface area contributed by atoms with E-state index in [0.29, 0.717) is 6.10 Å². The van der Waals surface area contributed by atoms with Crippen LogP contribution in [0.3, 0.4) is 0 Å². The Morgan fingerprint density at radius 3 is 2.79 bits per heavy atom. The summed E-state index contributed by atoms with van der Waals surface area (Å²) in [7, 11) is 1.72. The minimum absolute atomic E-state index is 0.419. The molecule has 1 atom stereocenters. The number of ether oxygens (including phenoxy) is 2. The van der Waals surface area contributed by atoms with Crippen LogP contribution >= 0.6 is 0 Å². The molecule has 104 valence electrons. The summed E-state index contributed by atoms with van der Waals surface area (Å²) in [5, 5.41) is 3.47. The first-order chi connectivity index (χ1) is 9.35. The molecule has 1 heterocycles. The lowest BCUT2D eigenvalue weighted by atomic mass is 9.92. The molecule has 1 aliphatic heterocycles. The lowest BCUT2D eigenvalue weighted by Gasteiger charge is -2.23. The van der Waals surface area contributed by atoms with E-state index in [2.05, 4.69) is 23.5 Å². The van der Waals surface area contributed by atoms with Crippen LogP contribution in [0.2, 0.25) is 0 Å². The summed E-state index contributed by atoms with van der Waals surface area (Å²) in [6, 6.07) is 6.41. The highest BCUT2D eigenvalue weighted by Crippen LogP contribution is 2.34. The third-order valence-electron chi connectivity index (χ3n) is 3.97. The van der Waals surface area contributed by atoms with Gasteiger partial charge >= 0.3 is 0 Å². The van der Waals surface area contributed by atoms with Gasteiger partial charge in [0, 0.05) is 0 Å². The normalized spacial score (nSPS) is 23.1. The molecule has 3 heteroatoms. The largest absolute Gasteiger partial charge is 0.493 e. The number of piperidine rings is 1. The van der Waals surface area contributed by atoms with Gasteiger partial charge in [0.1, 0.15) is 0 Å². The monoisotopic (exact) mass is 261 g/mol. The summed E-state index contributed by atoms with van der Waals surface area (Å²) in [6.45, 7) is 2.32. The van der Waals surface area contributed by atoms with Gasteiger partial charge in [-0.2, -0.15) is 0 Å². The second kappa shape index (κ2) is 5.83. The maximum Gasteiger partial charge on any atom is 0.161 e. The predicted molar refractivity (Wildman–Crippen MR) is 75.9 cm³/mol. The molecular weight excluding hydrogens is 238 g/mol. The van der Waals surface area contributed by atoms with E-state index >= 15 is 0 Å². The fraction of sp³-hybridized carbons (Fsp3) is 0.625. The fourth-order valence-corrected chi connectivity index (χ4v) is 2.73. The average Bonchev–Trinajstić information content (AvgIpc) is 3.26. The zero-order valence-electron chi connectivity index (χ0n) is 11.7. The van der Waals surface area contributed by atoms with Crippen LogP contribution < -0.4 is 14.8 Å². The van der Waals surface area contributed by atoms with Crippen LogP contribution in [0.4, 0.5) is 0 Å². The highest BCUT2D eigenvalue weighted by molar-refractivity contribution is 5.43. The Morgan fingerprint density at radius 1 is 1.21 bits per heavy atom. The van der Waals surface area contributed by atoms with Crippen molar-refractivity contribution in [2.24, 2.45) is 5.92 Å². The Kier molecular flexibility index (Phi) is 3.92. The topological polar surface area (TPSA) is 30.5 Å². The second-order valence-corrected chi connectivity index (χ2v) is 5.72. The molecule has 1 saturated heterocycles. The van der Waals surface area contributed by atoms with Crippen LogP contribution in [0.1, 0.15) is 31.2 Å². The Hall–Kier alpha value is -1.22. The Balaban J connectivity index is 1.67. The molecule has 19 heavy (non-hydrogen) atoms. The van der Waals surface area contributed by atoms with Crippen LogP contribution in [0.15, 0.2) is 18.2 Å². The Morgan fingerprint density at radius 2 is 2.11 bits per heavy atom. The van der Waals surface area contributed by atoms with Crippen molar-refractivity contribution in [2.75, 3.05) is 20.2 Å². The summed E-state index contributed by atoms with van der Waals surface area (Å²) >= 11 is 0. The van der Waals surface area contributed by atoms with Gasteiger partial charge in [-0.3, -0.25) is 0 Å². The van der Waals surface area contributed by atoms with Gasteiger partial charge in [0.05, 0.1) is 13.2 Å². The van der Waals surface area contributed by atoms with Crippen LogP contribution in [-0.2, 0) is 6.42 Å². The molecule has 1 aliphatic carbocycles. The predicted octanol–water partition coefficient (Wildman–Crippen LogP) is 2.78. The minimum Gasteiger partial charge on any atom is -0.493 e. The molecule has 0 amide bonds. The fourth-order valence-electron chi connectivity index (χ4n) is 2.73. The highest BCUT2D eigenvalue weighted by atomic mass is 16.5. The van der Waals surface area contributed by atoms with Gasteiger partial charge in [-0.25, -0.2) is 0 Å². The van der Waals surface area contributed by atoms with Gasteiger partial charge in [-0.1, -0.05) is 6.07 Å². The third-order valence-corrected chi connectivity index (χ3v) is 3.97. The summed E-state index contributed by atoms with van der Waals surface area (Å²) in [6.07, 6.45) is 6.53. The van der Waals surface area contributed by atoms with Gasteiger partial charge in [0.15, 0.2) is 11.5 Å². The number of rotatable bonds is 5. The van der Waals surface area contributed by atoms with Crippen molar-refractivity contribution in [1.29, 1.82) is 0 Å². The first kappa shape index (κ1) is 12.8. The van der Waals surface area contributed by atoms with Gasteiger partial charge in [0.25, 0.3) is 0 Å². The van der Waals surface area contributed by atoms with E-state index in [4.69, 9.17) is 9.47 Å². The Bertz CT molecular complexity index is 423. The van der Waals surface area contributed by atoms with Crippen molar-refractivity contribution in [3.05, 3.63) is 23.8 Å². The van der Waals surface area contributed by atoms with E-state index in [1.165, 1.54) is 37.8 Å². The van der Waals surface area contributed by atoms with Crippen molar-refractivity contribution in [3.8, 4) is 11.5 Å². The van der Waals surface area contributed by atoms with Crippen LogP contribution in [0.5, 0.6) is 11.5 Å². The SMILES string of the molecule is COc1cc(CC2CCCNC2)ccc1OC1CC1. The molecule has 1 aromatic rings. The van der Waals surface area contributed by atoms with Crippen molar-refractivity contribution < 1.29 is 9.47 Å². The number of benzene rings is 1. The maximum absolute atomic E-state index is 5.85. The molecule has 1 N–H and O–H groups in total. The summed E-state index contributed by atoms with van der Waals surface area (Å²) < 4.78 is 11.3. The standard InChI is InChI=1S/C16H23NO2/c1-18-16-10-12(9-13-3-2-8-17-11-13)4-7-15(16)19-14-5-6-14/h4,7,10,13-14,17H,2-3,5-6,8-9,11H2,1H3.